The predicted molar refractivity (Wildman–Crippen MR) is 88.2 cm³/mol. The summed E-state index contributed by atoms with van der Waals surface area (Å²) in [6.45, 7) is 1.43. The smallest absolute Gasteiger partial charge is 0.229 e. The maximum Gasteiger partial charge on any atom is 0.229 e. The van der Waals surface area contributed by atoms with Crippen LogP contribution in [0.15, 0.2) is 18.2 Å². The number of anilines is 2. The van der Waals surface area contributed by atoms with Crippen molar-refractivity contribution in [3.63, 3.8) is 0 Å². The molecular weight excluding hydrogens is 294 g/mol. The SMILES string of the molecule is COc1ccc(NC(=O)C2C3CCC(C3)C2N)cc1NC(C)=O. The lowest BCUT2D eigenvalue weighted by Gasteiger charge is -2.27. The maximum absolute atomic E-state index is 12.6. The lowest BCUT2D eigenvalue weighted by molar-refractivity contribution is -0.121. The Labute approximate surface area is 135 Å². The van der Waals surface area contributed by atoms with E-state index in [1.165, 1.54) is 14.0 Å². The molecule has 4 N–H and O–H groups in total. The van der Waals surface area contributed by atoms with Gasteiger partial charge >= 0.3 is 0 Å². The van der Waals surface area contributed by atoms with Crippen LogP contribution in [-0.4, -0.2) is 25.0 Å². The van der Waals surface area contributed by atoms with Gasteiger partial charge in [0.2, 0.25) is 11.8 Å². The molecule has 0 heterocycles. The van der Waals surface area contributed by atoms with Crippen molar-refractivity contribution in [1.29, 1.82) is 0 Å². The summed E-state index contributed by atoms with van der Waals surface area (Å²) in [6.07, 6.45) is 3.31. The van der Waals surface area contributed by atoms with E-state index in [2.05, 4.69) is 10.6 Å². The van der Waals surface area contributed by atoms with Crippen molar-refractivity contribution in [3.05, 3.63) is 18.2 Å². The van der Waals surface area contributed by atoms with Crippen LogP contribution in [0.5, 0.6) is 5.75 Å². The summed E-state index contributed by atoms with van der Waals surface area (Å²) in [5.74, 6) is 1.12. The van der Waals surface area contributed by atoms with Gasteiger partial charge < -0.3 is 21.1 Å². The largest absolute Gasteiger partial charge is 0.495 e. The molecule has 6 heteroatoms. The van der Waals surface area contributed by atoms with Gasteiger partial charge in [-0.25, -0.2) is 0 Å². The van der Waals surface area contributed by atoms with E-state index < -0.39 is 0 Å². The minimum atomic E-state index is -0.193. The fraction of sp³-hybridized carbons (Fsp3) is 0.529. The first kappa shape index (κ1) is 15.8. The van der Waals surface area contributed by atoms with E-state index in [1.807, 2.05) is 0 Å². The van der Waals surface area contributed by atoms with Gasteiger partial charge in [0.05, 0.1) is 18.7 Å². The van der Waals surface area contributed by atoms with Gasteiger partial charge in [-0.05, 0) is 49.3 Å². The summed E-state index contributed by atoms with van der Waals surface area (Å²) in [7, 11) is 1.53. The van der Waals surface area contributed by atoms with Crippen molar-refractivity contribution in [2.45, 2.75) is 32.2 Å². The Kier molecular flexibility index (Phi) is 4.26. The number of amides is 2. The maximum atomic E-state index is 12.6. The number of fused-ring (bicyclic) bond motifs is 2. The Bertz CT molecular complexity index is 630. The number of ether oxygens (including phenoxy) is 1. The third-order valence-corrected chi connectivity index (χ3v) is 5.06. The zero-order chi connectivity index (χ0) is 16.6. The second-order valence-corrected chi connectivity index (χ2v) is 6.52. The standard InChI is InChI=1S/C17H23N3O3/c1-9(21)19-13-8-12(5-6-14(13)23-2)20-17(22)15-10-3-4-11(7-10)16(15)18/h5-6,8,10-11,15-16H,3-4,7,18H2,1-2H3,(H,19,21)(H,20,22). The number of benzene rings is 1. The average Bonchev–Trinajstić information content (AvgIpc) is 3.07. The number of nitrogens with two attached hydrogens (primary N) is 1. The molecule has 0 radical (unpaired) electrons. The number of rotatable bonds is 4. The molecule has 23 heavy (non-hydrogen) atoms. The molecule has 3 rings (SSSR count). The van der Waals surface area contributed by atoms with Gasteiger partial charge in [-0.1, -0.05) is 0 Å². The summed E-state index contributed by atoms with van der Waals surface area (Å²) in [5.41, 5.74) is 7.39. The van der Waals surface area contributed by atoms with E-state index in [-0.39, 0.29) is 23.8 Å². The molecule has 2 saturated carbocycles. The fourth-order valence-corrected chi connectivity index (χ4v) is 4.02. The topological polar surface area (TPSA) is 93.4 Å². The molecule has 1 aromatic carbocycles. The molecule has 4 unspecified atom stereocenters. The lowest BCUT2D eigenvalue weighted by atomic mass is 9.84. The zero-order valence-electron chi connectivity index (χ0n) is 13.5. The first-order chi connectivity index (χ1) is 11.0. The highest BCUT2D eigenvalue weighted by Crippen LogP contribution is 2.48. The number of carbonyl (C=O) groups excluding carboxylic acids is 2. The third-order valence-electron chi connectivity index (χ3n) is 5.06. The molecule has 4 atom stereocenters. The Morgan fingerprint density at radius 2 is 1.96 bits per heavy atom. The van der Waals surface area contributed by atoms with Crippen molar-refractivity contribution in [1.82, 2.24) is 0 Å². The van der Waals surface area contributed by atoms with Crippen molar-refractivity contribution in [2.24, 2.45) is 23.5 Å². The molecule has 1 aromatic rings. The molecular formula is C17H23N3O3. The van der Waals surface area contributed by atoms with Crippen LogP contribution in [0.4, 0.5) is 11.4 Å². The molecule has 2 aliphatic rings. The minimum absolute atomic E-state index is 0.0244. The lowest BCUT2D eigenvalue weighted by Crippen LogP contribution is -2.42. The van der Waals surface area contributed by atoms with Crippen LogP contribution in [0.2, 0.25) is 0 Å². The van der Waals surface area contributed by atoms with Gasteiger partial charge in [0.1, 0.15) is 5.75 Å². The van der Waals surface area contributed by atoms with E-state index in [4.69, 9.17) is 10.5 Å². The highest BCUT2D eigenvalue weighted by atomic mass is 16.5. The zero-order valence-corrected chi connectivity index (χ0v) is 13.5. The number of hydrogen-bond donors (Lipinski definition) is 3. The molecule has 0 aliphatic heterocycles. The van der Waals surface area contributed by atoms with Crippen LogP contribution in [0.25, 0.3) is 0 Å². The monoisotopic (exact) mass is 317 g/mol. The highest BCUT2D eigenvalue weighted by molar-refractivity contribution is 5.96. The average molecular weight is 317 g/mol. The van der Waals surface area contributed by atoms with E-state index in [9.17, 15) is 9.59 Å². The summed E-state index contributed by atoms with van der Waals surface area (Å²) >= 11 is 0. The first-order valence-electron chi connectivity index (χ1n) is 8.01. The van der Waals surface area contributed by atoms with E-state index in [0.29, 0.717) is 29.0 Å². The normalized spacial score (nSPS) is 28.5. The van der Waals surface area contributed by atoms with E-state index >= 15 is 0 Å². The summed E-state index contributed by atoms with van der Waals surface area (Å²) < 4.78 is 5.22. The van der Waals surface area contributed by atoms with Crippen LogP contribution in [0, 0.1) is 17.8 Å². The Morgan fingerprint density at radius 3 is 2.57 bits per heavy atom. The second kappa shape index (κ2) is 6.20. The molecule has 124 valence electrons. The summed E-state index contributed by atoms with van der Waals surface area (Å²) in [5, 5.41) is 5.64. The van der Waals surface area contributed by atoms with Gasteiger partial charge in [0, 0.05) is 18.7 Å². The van der Waals surface area contributed by atoms with Gasteiger partial charge in [-0.2, -0.15) is 0 Å². The fourth-order valence-electron chi connectivity index (χ4n) is 4.02. The van der Waals surface area contributed by atoms with Crippen LogP contribution in [0.1, 0.15) is 26.2 Å². The molecule has 0 spiro atoms. The van der Waals surface area contributed by atoms with Gasteiger partial charge in [0.15, 0.2) is 0 Å². The molecule has 0 aromatic heterocycles. The first-order valence-corrected chi connectivity index (χ1v) is 8.01. The van der Waals surface area contributed by atoms with E-state index in [1.54, 1.807) is 18.2 Å². The number of methoxy groups -OCH3 is 1. The number of nitrogens with one attached hydrogen (secondary N) is 2. The Morgan fingerprint density at radius 1 is 1.22 bits per heavy atom. The van der Waals surface area contributed by atoms with Gasteiger partial charge in [-0.15, -0.1) is 0 Å². The van der Waals surface area contributed by atoms with Crippen molar-refractivity contribution in [3.8, 4) is 5.75 Å². The van der Waals surface area contributed by atoms with Crippen LogP contribution >= 0.6 is 0 Å². The molecule has 2 bridgehead atoms. The Balaban J connectivity index is 1.74. The number of hydrogen-bond acceptors (Lipinski definition) is 4. The molecule has 2 aliphatic carbocycles. The van der Waals surface area contributed by atoms with Gasteiger partial charge in [0.25, 0.3) is 0 Å². The third kappa shape index (κ3) is 3.03. The van der Waals surface area contributed by atoms with Gasteiger partial charge in [-0.3, -0.25) is 9.59 Å². The second-order valence-electron chi connectivity index (χ2n) is 6.52. The van der Waals surface area contributed by atoms with Crippen LogP contribution in [0.3, 0.4) is 0 Å². The van der Waals surface area contributed by atoms with E-state index in [0.717, 1.165) is 19.3 Å². The molecule has 0 saturated heterocycles. The number of carbonyl (C=O) groups is 2. The molecule has 6 nitrogen and oxygen atoms in total. The quantitative estimate of drug-likeness (QED) is 0.791. The highest BCUT2D eigenvalue weighted by Gasteiger charge is 2.49. The minimum Gasteiger partial charge on any atom is -0.495 e. The Hall–Kier alpha value is -2.08. The van der Waals surface area contributed by atoms with Crippen molar-refractivity contribution < 1.29 is 14.3 Å². The van der Waals surface area contributed by atoms with Crippen molar-refractivity contribution in [2.75, 3.05) is 17.7 Å². The predicted octanol–water partition coefficient (Wildman–Crippen LogP) is 1.97. The van der Waals surface area contributed by atoms with Crippen LogP contribution < -0.4 is 21.1 Å². The molecule has 2 amide bonds. The molecule has 2 fully saturated rings. The van der Waals surface area contributed by atoms with Crippen molar-refractivity contribution >= 4 is 23.2 Å². The summed E-state index contributed by atoms with van der Waals surface area (Å²) in [4.78, 5) is 23.9. The summed E-state index contributed by atoms with van der Waals surface area (Å²) in [6, 6.07) is 5.15. The van der Waals surface area contributed by atoms with Crippen LogP contribution in [-0.2, 0) is 9.59 Å².